The zero-order valence-corrected chi connectivity index (χ0v) is 21.4. The molecular weight excluding hydrogens is 350 g/mol. The quantitative estimate of drug-likeness (QED) is 0.479. The van der Waals surface area contributed by atoms with Crippen molar-refractivity contribution in [1.82, 2.24) is 4.57 Å². The van der Waals surface area contributed by atoms with E-state index >= 15 is 0 Å². The Labute approximate surface area is 165 Å². The molecule has 4 heteroatoms. The van der Waals surface area contributed by atoms with Gasteiger partial charge in [0.2, 0.25) is 0 Å². The van der Waals surface area contributed by atoms with E-state index in [1.165, 1.54) is 5.56 Å². The van der Waals surface area contributed by atoms with Crippen LogP contribution in [0, 0.1) is 0 Å². The third-order valence-electron chi connectivity index (χ3n) is 7.12. The molecular formula is C22H43NOSi2. The SMILES string of the molecule is C[C@@H]([C@@H](O[Si](C)(C)C(C)(C)C)c1ccccc1)N(C)[Si](C)(C)C(C)(C)C. The molecule has 26 heavy (non-hydrogen) atoms. The van der Waals surface area contributed by atoms with E-state index in [4.69, 9.17) is 4.43 Å². The van der Waals surface area contributed by atoms with Crippen LogP contribution in [0.3, 0.4) is 0 Å². The Morgan fingerprint density at radius 3 is 1.69 bits per heavy atom. The zero-order valence-electron chi connectivity index (χ0n) is 19.4. The van der Waals surface area contributed by atoms with Gasteiger partial charge in [0.1, 0.15) is 8.24 Å². The van der Waals surface area contributed by atoms with Gasteiger partial charge in [-0.05, 0) is 42.7 Å². The molecule has 2 nitrogen and oxygen atoms in total. The second kappa shape index (κ2) is 7.90. The second-order valence-corrected chi connectivity index (χ2v) is 20.9. The molecule has 0 bridgehead atoms. The first-order valence-electron chi connectivity index (χ1n) is 9.98. The third-order valence-corrected chi connectivity index (χ3v) is 17.4. The monoisotopic (exact) mass is 393 g/mol. The lowest BCUT2D eigenvalue weighted by atomic mass is 10.0. The minimum Gasteiger partial charge on any atom is -0.408 e. The Morgan fingerprint density at radius 1 is 0.846 bits per heavy atom. The van der Waals surface area contributed by atoms with Gasteiger partial charge in [-0.1, -0.05) is 85.0 Å². The fourth-order valence-corrected chi connectivity index (χ4v) is 6.36. The van der Waals surface area contributed by atoms with E-state index in [0.29, 0.717) is 11.1 Å². The highest BCUT2D eigenvalue weighted by atomic mass is 28.4. The first-order chi connectivity index (χ1) is 11.5. The molecule has 0 amide bonds. The van der Waals surface area contributed by atoms with Gasteiger partial charge in [-0.15, -0.1) is 0 Å². The molecule has 0 heterocycles. The zero-order chi connectivity index (χ0) is 20.6. The first-order valence-corrected chi connectivity index (χ1v) is 15.8. The summed E-state index contributed by atoms with van der Waals surface area (Å²) in [6, 6.07) is 11.2. The highest BCUT2D eigenvalue weighted by Gasteiger charge is 2.45. The maximum absolute atomic E-state index is 7.00. The third kappa shape index (κ3) is 5.09. The fourth-order valence-electron chi connectivity index (χ4n) is 2.82. The summed E-state index contributed by atoms with van der Waals surface area (Å²) in [4.78, 5) is 0. The van der Waals surface area contributed by atoms with Gasteiger partial charge in [-0.25, -0.2) is 0 Å². The average molecular weight is 394 g/mol. The molecule has 0 fully saturated rings. The van der Waals surface area contributed by atoms with Gasteiger partial charge in [0.05, 0.1) is 6.10 Å². The van der Waals surface area contributed by atoms with E-state index in [9.17, 15) is 0 Å². The summed E-state index contributed by atoms with van der Waals surface area (Å²) >= 11 is 0. The van der Waals surface area contributed by atoms with Crippen LogP contribution >= 0.6 is 0 Å². The van der Waals surface area contributed by atoms with E-state index in [1.54, 1.807) is 0 Å². The molecule has 0 N–H and O–H groups in total. The minimum absolute atomic E-state index is 0.108. The summed E-state index contributed by atoms with van der Waals surface area (Å²) in [5.74, 6) is 0. The Balaban J connectivity index is 3.30. The topological polar surface area (TPSA) is 12.5 Å². The van der Waals surface area contributed by atoms with Gasteiger partial charge in [0.15, 0.2) is 8.32 Å². The highest BCUT2D eigenvalue weighted by molar-refractivity contribution is 6.77. The van der Waals surface area contributed by atoms with Gasteiger partial charge >= 0.3 is 0 Å². The summed E-state index contributed by atoms with van der Waals surface area (Å²) in [7, 11) is -1.18. The van der Waals surface area contributed by atoms with Crippen molar-refractivity contribution in [3.8, 4) is 0 Å². The number of rotatable bonds is 6. The predicted molar refractivity (Wildman–Crippen MR) is 122 cm³/mol. The van der Waals surface area contributed by atoms with E-state index in [2.05, 4.69) is 117 Å². The summed E-state index contributed by atoms with van der Waals surface area (Å²) in [5.41, 5.74) is 1.30. The number of hydrogen-bond acceptors (Lipinski definition) is 2. The van der Waals surface area contributed by atoms with Crippen LogP contribution in [0.1, 0.15) is 60.1 Å². The van der Waals surface area contributed by atoms with Crippen molar-refractivity contribution in [2.24, 2.45) is 0 Å². The van der Waals surface area contributed by atoms with Gasteiger partial charge in [0.25, 0.3) is 0 Å². The molecule has 0 saturated carbocycles. The summed E-state index contributed by atoms with van der Waals surface area (Å²) in [5, 5.41) is 0.517. The highest BCUT2D eigenvalue weighted by Crippen LogP contribution is 2.44. The van der Waals surface area contributed by atoms with Gasteiger partial charge in [-0.2, -0.15) is 0 Å². The second-order valence-electron chi connectivity index (χ2n) is 10.9. The van der Waals surface area contributed by atoms with Gasteiger partial charge in [0, 0.05) is 6.04 Å². The van der Waals surface area contributed by atoms with Gasteiger partial charge in [-0.3, -0.25) is 0 Å². The number of benzene rings is 1. The van der Waals surface area contributed by atoms with Crippen molar-refractivity contribution in [3.05, 3.63) is 35.9 Å². The van der Waals surface area contributed by atoms with E-state index in [0.717, 1.165) is 0 Å². The summed E-state index contributed by atoms with van der Waals surface area (Å²) in [6.45, 7) is 26.2. The van der Waals surface area contributed by atoms with Crippen molar-refractivity contribution in [1.29, 1.82) is 0 Å². The van der Waals surface area contributed by atoms with Crippen LogP contribution in [0.15, 0.2) is 30.3 Å². The lowest BCUT2D eigenvalue weighted by Crippen LogP contribution is -2.58. The molecule has 0 spiro atoms. The number of nitrogens with zero attached hydrogens (tertiary/aromatic N) is 1. The summed E-state index contributed by atoms with van der Waals surface area (Å²) < 4.78 is 9.65. The first kappa shape index (κ1) is 23.6. The van der Waals surface area contributed by atoms with Crippen LogP contribution in [-0.4, -0.2) is 34.2 Å². The number of likely N-dealkylation sites (N-methyl/N-ethyl adjacent to an activating group) is 1. The maximum Gasteiger partial charge on any atom is 0.192 e. The largest absolute Gasteiger partial charge is 0.408 e. The molecule has 2 atom stereocenters. The Hall–Kier alpha value is -0.426. The van der Waals surface area contributed by atoms with Gasteiger partial charge < -0.3 is 8.99 Å². The van der Waals surface area contributed by atoms with E-state index < -0.39 is 16.6 Å². The number of hydrogen-bond donors (Lipinski definition) is 0. The minimum atomic E-state index is -1.88. The fraction of sp³-hybridized carbons (Fsp3) is 0.727. The molecule has 0 aliphatic carbocycles. The lowest BCUT2D eigenvalue weighted by Gasteiger charge is -2.50. The molecule has 0 saturated heterocycles. The lowest BCUT2D eigenvalue weighted by molar-refractivity contribution is 0.111. The Bertz CT molecular complexity index is 570. The molecule has 0 aliphatic rings. The van der Waals surface area contributed by atoms with E-state index in [-0.39, 0.29) is 11.1 Å². The normalized spacial score (nSPS) is 16.7. The average Bonchev–Trinajstić information content (AvgIpc) is 2.49. The standard InChI is InChI=1S/C22H43NOSi2/c1-18(23(8)25(9,10)21(2,3)4)20(19-16-14-13-15-17-19)24-26(11,12)22(5,6)7/h13-18,20H,1-12H3/t18-,20+/m0/s1. The van der Waals surface area contributed by atoms with Crippen molar-refractivity contribution >= 4 is 16.6 Å². The van der Waals surface area contributed by atoms with Crippen molar-refractivity contribution in [2.45, 2.75) is 96.9 Å². The van der Waals surface area contributed by atoms with Crippen LogP contribution in [0.5, 0.6) is 0 Å². The van der Waals surface area contributed by atoms with Crippen molar-refractivity contribution in [2.75, 3.05) is 7.05 Å². The van der Waals surface area contributed by atoms with Crippen LogP contribution in [0.2, 0.25) is 36.3 Å². The molecule has 0 unspecified atom stereocenters. The molecule has 150 valence electrons. The molecule has 1 aromatic rings. The smallest absolute Gasteiger partial charge is 0.192 e. The Morgan fingerprint density at radius 2 is 1.31 bits per heavy atom. The molecule has 1 aromatic carbocycles. The van der Waals surface area contributed by atoms with Crippen LogP contribution in [0.25, 0.3) is 0 Å². The van der Waals surface area contributed by atoms with Crippen LogP contribution in [-0.2, 0) is 4.43 Å². The van der Waals surface area contributed by atoms with Crippen LogP contribution in [0.4, 0.5) is 0 Å². The summed E-state index contributed by atoms with van der Waals surface area (Å²) in [6.07, 6.45) is 0.108. The molecule has 1 rings (SSSR count). The maximum atomic E-state index is 7.00. The van der Waals surface area contributed by atoms with E-state index in [1.807, 2.05) is 0 Å². The predicted octanol–water partition coefficient (Wildman–Crippen LogP) is 7.08. The van der Waals surface area contributed by atoms with Crippen molar-refractivity contribution in [3.63, 3.8) is 0 Å². The van der Waals surface area contributed by atoms with Crippen LogP contribution < -0.4 is 0 Å². The Kier molecular flexibility index (Phi) is 7.18. The molecule has 0 aliphatic heterocycles. The van der Waals surface area contributed by atoms with Crippen molar-refractivity contribution < 1.29 is 4.43 Å². The molecule has 0 aromatic heterocycles. The molecule has 0 radical (unpaired) electrons.